The summed E-state index contributed by atoms with van der Waals surface area (Å²) >= 11 is 1.56. The van der Waals surface area contributed by atoms with Crippen molar-refractivity contribution in [3.05, 3.63) is 53.6 Å². The number of hydrogen-bond donors (Lipinski definition) is 1. The first-order valence-electron chi connectivity index (χ1n) is 8.58. The molecule has 0 aliphatic carbocycles. The molecule has 1 saturated heterocycles. The van der Waals surface area contributed by atoms with Gasteiger partial charge in [-0.2, -0.15) is 5.10 Å². The number of likely N-dealkylation sites (tertiary alicyclic amines) is 1. The van der Waals surface area contributed by atoms with E-state index in [-0.39, 0.29) is 18.4 Å². The molecule has 4 rings (SSSR count). The summed E-state index contributed by atoms with van der Waals surface area (Å²) in [5, 5.41) is 10.2. The standard InChI is InChI=1S/C18H20N6OS/c1-13-9-15(22-18-19-5-8-26-18)10-16(21-13)14-3-7-23(11-14)17(25)12-24-6-2-4-20-24/h2,4-6,8-10,14H,3,7,11-12H2,1H3,(H,19,21,22)/t14-/m1/s1. The number of carbonyl (C=O) groups is 1. The first kappa shape index (κ1) is 16.7. The van der Waals surface area contributed by atoms with Crippen molar-refractivity contribution in [3.8, 4) is 0 Å². The van der Waals surface area contributed by atoms with Gasteiger partial charge in [0.1, 0.15) is 6.54 Å². The minimum Gasteiger partial charge on any atom is -0.340 e. The van der Waals surface area contributed by atoms with Crippen LogP contribution in [0.15, 0.2) is 42.2 Å². The van der Waals surface area contributed by atoms with Crippen molar-refractivity contribution in [1.82, 2.24) is 24.6 Å². The Bertz CT molecular complexity index is 877. The van der Waals surface area contributed by atoms with Crippen molar-refractivity contribution in [2.45, 2.75) is 25.8 Å². The van der Waals surface area contributed by atoms with Gasteiger partial charge in [0, 0.05) is 60.1 Å². The predicted molar refractivity (Wildman–Crippen MR) is 101 cm³/mol. The topological polar surface area (TPSA) is 75.9 Å². The molecule has 3 aromatic rings. The Hall–Kier alpha value is -2.74. The molecule has 26 heavy (non-hydrogen) atoms. The fourth-order valence-corrected chi connectivity index (χ4v) is 3.79. The first-order valence-corrected chi connectivity index (χ1v) is 9.45. The Morgan fingerprint density at radius 3 is 3.08 bits per heavy atom. The lowest BCUT2D eigenvalue weighted by atomic mass is 10.0. The summed E-state index contributed by atoms with van der Waals surface area (Å²) in [7, 11) is 0. The van der Waals surface area contributed by atoms with E-state index in [1.807, 2.05) is 35.5 Å². The molecule has 0 aromatic carbocycles. The summed E-state index contributed by atoms with van der Waals surface area (Å²) in [4.78, 5) is 23.3. The van der Waals surface area contributed by atoms with Gasteiger partial charge in [-0.3, -0.25) is 14.5 Å². The Kier molecular flexibility index (Phi) is 4.66. The molecule has 1 N–H and O–H groups in total. The van der Waals surface area contributed by atoms with Gasteiger partial charge in [-0.25, -0.2) is 4.98 Å². The van der Waals surface area contributed by atoms with E-state index in [1.165, 1.54) is 0 Å². The van der Waals surface area contributed by atoms with Crippen LogP contribution in [0.4, 0.5) is 10.8 Å². The molecule has 0 bridgehead atoms. The summed E-state index contributed by atoms with van der Waals surface area (Å²) in [5.74, 6) is 0.360. The van der Waals surface area contributed by atoms with Gasteiger partial charge in [-0.05, 0) is 31.5 Å². The van der Waals surface area contributed by atoms with Crippen molar-refractivity contribution >= 4 is 28.1 Å². The van der Waals surface area contributed by atoms with E-state index in [0.717, 1.165) is 35.2 Å². The smallest absolute Gasteiger partial charge is 0.244 e. The molecule has 0 radical (unpaired) electrons. The third-order valence-electron chi connectivity index (χ3n) is 4.47. The summed E-state index contributed by atoms with van der Waals surface area (Å²) < 4.78 is 1.66. The van der Waals surface area contributed by atoms with Crippen LogP contribution in [0.2, 0.25) is 0 Å². The summed E-state index contributed by atoms with van der Waals surface area (Å²) in [6.07, 6.45) is 6.21. The van der Waals surface area contributed by atoms with Crippen molar-refractivity contribution in [1.29, 1.82) is 0 Å². The third-order valence-corrected chi connectivity index (χ3v) is 5.16. The Labute approximate surface area is 155 Å². The Balaban J connectivity index is 1.44. The third kappa shape index (κ3) is 3.75. The average molecular weight is 368 g/mol. The van der Waals surface area contributed by atoms with Gasteiger partial charge in [0.2, 0.25) is 5.91 Å². The fourth-order valence-electron chi connectivity index (χ4n) is 3.24. The number of aromatic nitrogens is 4. The van der Waals surface area contributed by atoms with Crippen molar-refractivity contribution in [3.63, 3.8) is 0 Å². The number of rotatable bonds is 5. The number of nitrogens with zero attached hydrogens (tertiary/aromatic N) is 5. The van der Waals surface area contributed by atoms with Gasteiger partial charge >= 0.3 is 0 Å². The summed E-state index contributed by atoms with van der Waals surface area (Å²) in [6, 6.07) is 5.91. The largest absolute Gasteiger partial charge is 0.340 e. The molecule has 1 aliphatic heterocycles. The van der Waals surface area contributed by atoms with Gasteiger partial charge in [0.05, 0.1) is 0 Å². The highest BCUT2D eigenvalue weighted by Crippen LogP contribution is 2.29. The highest BCUT2D eigenvalue weighted by molar-refractivity contribution is 7.13. The number of hydrogen-bond acceptors (Lipinski definition) is 6. The van der Waals surface area contributed by atoms with E-state index in [9.17, 15) is 4.79 Å². The van der Waals surface area contributed by atoms with Crippen LogP contribution in [0.3, 0.4) is 0 Å². The molecular weight excluding hydrogens is 348 g/mol. The highest BCUT2D eigenvalue weighted by atomic mass is 32.1. The van der Waals surface area contributed by atoms with Crippen LogP contribution in [0.25, 0.3) is 0 Å². The summed E-state index contributed by atoms with van der Waals surface area (Å²) in [5.41, 5.74) is 2.98. The van der Waals surface area contributed by atoms with Crippen molar-refractivity contribution in [2.24, 2.45) is 0 Å². The van der Waals surface area contributed by atoms with E-state index in [0.29, 0.717) is 6.54 Å². The number of thiazole rings is 1. The molecule has 1 amide bonds. The molecule has 1 aliphatic rings. The molecule has 0 saturated carbocycles. The van der Waals surface area contributed by atoms with E-state index in [2.05, 4.69) is 21.5 Å². The molecule has 8 heteroatoms. The van der Waals surface area contributed by atoms with E-state index < -0.39 is 0 Å². The number of pyridine rings is 1. The van der Waals surface area contributed by atoms with Crippen LogP contribution in [0, 0.1) is 6.92 Å². The van der Waals surface area contributed by atoms with Crippen LogP contribution in [-0.2, 0) is 11.3 Å². The van der Waals surface area contributed by atoms with E-state index in [1.54, 1.807) is 28.4 Å². The van der Waals surface area contributed by atoms with Gasteiger partial charge in [-0.1, -0.05) is 0 Å². The van der Waals surface area contributed by atoms with Gasteiger partial charge in [0.25, 0.3) is 0 Å². The predicted octanol–water partition coefficient (Wildman–Crippen LogP) is 2.80. The highest BCUT2D eigenvalue weighted by Gasteiger charge is 2.28. The van der Waals surface area contributed by atoms with Gasteiger partial charge < -0.3 is 10.2 Å². The lowest BCUT2D eigenvalue weighted by Crippen LogP contribution is -2.31. The van der Waals surface area contributed by atoms with Crippen LogP contribution < -0.4 is 5.32 Å². The quantitative estimate of drug-likeness (QED) is 0.749. The van der Waals surface area contributed by atoms with Crippen molar-refractivity contribution in [2.75, 3.05) is 18.4 Å². The minimum absolute atomic E-state index is 0.102. The number of nitrogens with one attached hydrogen (secondary N) is 1. The number of carbonyl (C=O) groups excluding carboxylic acids is 1. The number of aryl methyl sites for hydroxylation is 1. The van der Waals surface area contributed by atoms with Crippen LogP contribution in [0.5, 0.6) is 0 Å². The van der Waals surface area contributed by atoms with Crippen LogP contribution in [0.1, 0.15) is 23.7 Å². The monoisotopic (exact) mass is 368 g/mol. The maximum absolute atomic E-state index is 12.5. The molecule has 4 heterocycles. The SMILES string of the molecule is Cc1cc(Nc2nccs2)cc([C@@H]2CCN(C(=O)Cn3cccn3)C2)n1. The van der Waals surface area contributed by atoms with E-state index >= 15 is 0 Å². The second-order valence-electron chi connectivity index (χ2n) is 6.41. The normalized spacial score (nSPS) is 16.8. The molecule has 134 valence electrons. The number of amides is 1. The summed E-state index contributed by atoms with van der Waals surface area (Å²) in [6.45, 7) is 3.74. The maximum atomic E-state index is 12.5. The second-order valence-corrected chi connectivity index (χ2v) is 7.31. The molecule has 0 unspecified atom stereocenters. The second kappa shape index (κ2) is 7.25. The van der Waals surface area contributed by atoms with Gasteiger partial charge in [0.15, 0.2) is 5.13 Å². The lowest BCUT2D eigenvalue weighted by molar-refractivity contribution is -0.131. The zero-order valence-electron chi connectivity index (χ0n) is 14.5. The molecule has 0 spiro atoms. The fraction of sp³-hybridized carbons (Fsp3) is 0.333. The zero-order chi connectivity index (χ0) is 17.9. The molecule has 3 aromatic heterocycles. The molecule has 1 atom stereocenters. The minimum atomic E-state index is 0.102. The van der Waals surface area contributed by atoms with Crippen LogP contribution >= 0.6 is 11.3 Å². The lowest BCUT2D eigenvalue weighted by Gasteiger charge is -2.17. The Morgan fingerprint density at radius 2 is 2.31 bits per heavy atom. The Morgan fingerprint density at radius 1 is 1.38 bits per heavy atom. The average Bonchev–Trinajstić information content (AvgIpc) is 3.37. The van der Waals surface area contributed by atoms with Crippen molar-refractivity contribution < 1.29 is 4.79 Å². The zero-order valence-corrected chi connectivity index (χ0v) is 15.3. The van der Waals surface area contributed by atoms with Crippen LogP contribution in [-0.4, -0.2) is 43.6 Å². The molecular formula is C18H20N6OS. The van der Waals surface area contributed by atoms with E-state index in [4.69, 9.17) is 4.98 Å². The first-order chi connectivity index (χ1) is 12.7. The number of anilines is 2. The molecule has 1 fully saturated rings. The molecule has 7 nitrogen and oxygen atoms in total. The van der Waals surface area contributed by atoms with Gasteiger partial charge in [-0.15, -0.1) is 11.3 Å². The maximum Gasteiger partial charge on any atom is 0.244 e.